The van der Waals surface area contributed by atoms with Gasteiger partial charge in [0.2, 0.25) is 0 Å². The average Bonchev–Trinajstić information content (AvgIpc) is 2.89. The third-order valence-electron chi connectivity index (χ3n) is 6.49. The van der Waals surface area contributed by atoms with Gasteiger partial charge in [0.15, 0.2) is 5.78 Å². The van der Waals surface area contributed by atoms with Crippen LogP contribution in [0, 0.1) is 0 Å². The Morgan fingerprint density at radius 2 is 1.48 bits per heavy atom. The lowest BCUT2D eigenvalue weighted by Gasteiger charge is -2.44. The number of benzene rings is 2. The molecule has 0 aromatic heterocycles. The van der Waals surface area contributed by atoms with Crippen LogP contribution < -0.4 is 4.74 Å². The van der Waals surface area contributed by atoms with Crippen molar-refractivity contribution >= 4 is 5.78 Å². The Labute approximate surface area is 197 Å². The van der Waals surface area contributed by atoms with E-state index in [-0.39, 0.29) is 17.9 Å². The molecule has 0 amide bonds. The van der Waals surface area contributed by atoms with Gasteiger partial charge in [-0.15, -0.1) is 0 Å². The maximum Gasteiger partial charge on any atom is 0.181 e. The predicted molar refractivity (Wildman–Crippen MR) is 129 cm³/mol. The molecular formula is C27H36N2O4. The number of rotatable bonds is 10. The first-order valence-electron chi connectivity index (χ1n) is 12.2. The molecule has 0 N–H and O–H groups in total. The van der Waals surface area contributed by atoms with Crippen LogP contribution >= 0.6 is 0 Å². The molecule has 6 nitrogen and oxygen atoms in total. The van der Waals surface area contributed by atoms with Gasteiger partial charge in [-0.1, -0.05) is 43.7 Å². The van der Waals surface area contributed by atoms with Crippen molar-refractivity contribution < 1.29 is 19.0 Å². The molecule has 2 aliphatic rings. The third kappa shape index (κ3) is 6.21. The zero-order valence-electron chi connectivity index (χ0n) is 19.7. The monoisotopic (exact) mass is 452 g/mol. The summed E-state index contributed by atoms with van der Waals surface area (Å²) in [4.78, 5) is 18.8. The van der Waals surface area contributed by atoms with E-state index in [0.29, 0.717) is 33.0 Å². The summed E-state index contributed by atoms with van der Waals surface area (Å²) < 4.78 is 17.1. The molecule has 2 saturated heterocycles. The fraction of sp³-hybridized carbons (Fsp3) is 0.519. The van der Waals surface area contributed by atoms with Crippen LogP contribution in [0.2, 0.25) is 0 Å². The van der Waals surface area contributed by atoms with Crippen LogP contribution in [0.15, 0.2) is 54.6 Å². The second-order valence-electron chi connectivity index (χ2n) is 8.69. The highest BCUT2D eigenvalue weighted by Crippen LogP contribution is 2.32. The Morgan fingerprint density at radius 3 is 2.09 bits per heavy atom. The molecule has 0 aliphatic carbocycles. The number of carbonyl (C=O) groups is 1. The second-order valence-corrected chi connectivity index (χ2v) is 8.69. The number of Topliss-reactive ketones (excluding diaryl/α,β-unsaturated/α-hetero) is 1. The van der Waals surface area contributed by atoms with Crippen LogP contribution in [-0.4, -0.2) is 80.8 Å². The third-order valence-corrected chi connectivity index (χ3v) is 6.49. The smallest absolute Gasteiger partial charge is 0.181 e. The SMILES string of the molecule is CCCCOc1ccc(C(=O)[C@@H]([C@H](c2ccccc2)N2CCOCC2)N2CCOCC2)cc1. The van der Waals surface area contributed by atoms with E-state index in [1.54, 1.807) is 0 Å². The van der Waals surface area contributed by atoms with Gasteiger partial charge in [0.25, 0.3) is 0 Å². The summed E-state index contributed by atoms with van der Waals surface area (Å²) >= 11 is 0. The first-order chi connectivity index (χ1) is 16.3. The molecule has 2 heterocycles. The summed E-state index contributed by atoms with van der Waals surface area (Å²) in [5.74, 6) is 0.966. The number of ketones is 1. The number of ether oxygens (including phenoxy) is 3. The molecule has 0 spiro atoms. The number of nitrogens with zero attached hydrogens (tertiary/aromatic N) is 2. The van der Waals surface area contributed by atoms with Crippen molar-refractivity contribution in [3.63, 3.8) is 0 Å². The first kappa shape index (κ1) is 23.9. The highest BCUT2D eigenvalue weighted by Gasteiger charge is 2.39. The van der Waals surface area contributed by atoms with E-state index in [1.165, 1.54) is 5.56 Å². The molecule has 0 radical (unpaired) electrons. The van der Waals surface area contributed by atoms with Crippen molar-refractivity contribution in [3.8, 4) is 5.75 Å². The molecule has 2 fully saturated rings. The van der Waals surface area contributed by atoms with Crippen molar-refractivity contribution in [2.45, 2.75) is 31.8 Å². The molecular weight excluding hydrogens is 416 g/mol. The summed E-state index contributed by atoms with van der Waals surface area (Å²) in [7, 11) is 0. The van der Waals surface area contributed by atoms with Crippen LogP contribution in [0.1, 0.15) is 41.7 Å². The molecule has 2 aromatic rings. The zero-order valence-corrected chi connectivity index (χ0v) is 19.7. The van der Waals surface area contributed by atoms with E-state index in [1.807, 2.05) is 30.3 Å². The van der Waals surface area contributed by atoms with E-state index in [2.05, 4.69) is 41.0 Å². The highest BCUT2D eigenvalue weighted by molar-refractivity contribution is 6.00. The summed E-state index contributed by atoms with van der Waals surface area (Å²) in [5, 5.41) is 0. The van der Waals surface area contributed by atoms with Gasteiger partial charge in [0.1, 0.15) is 5.75 Å². The van der Waals surface area contributed by atoms with E-state index in [4.69, 9.17) is 14.2 Å². The van der Waals surface area contributed by atoms with Gasteiger partial charge in [0, 0.05) is 31.7 Å². The molecule has 2 atom stereocenters. The number of unbranched alkanes of at least 4 members (excludes halogenated alkanes) is 1. The Hall–Kier alpha value is -2.25. The van der Waals surface area contributed by atoms with Crippen LogP contribution in [-0.2, 0) is 9.47 Å². The maximum absolute atomic E-state index is 14.1. The minimum atomic E-state index is -0.291. The molecule has 6 heteroatoms. The molecule has 33 heavy (non-hydrogen) atoms. The van der Waals surface area contributed by atoms with Gasteiger partial charge in [-0.2, -0.15) is 0 Å². The molecule has 2 aromatic carbocycles. The number of hydrogen-bond acceptors (Lipinski definition) is 6. The lowest BCUT2D eigenvalue weighted by molar-refractivity contribution is -0.0301. The number of morpholine rings is 2. The van der Waals surface area contributed by atoms with Gasteiger partial charge in [-0.3, -0.25) is 14.6 Å². The molecule has 178 valence electrons. The Bertz CT molecular complexity index is 846. The van der Waals surface area contributed by atoms with E-state index in [0.717, 1.165) is 50.3 Å². The summed E-state index contributed by atoms with van der Waals surface area (Å²) in [6, 6.07) is 17.8. The van der Waals surface area contributed by atoms with E-state index >= 15 is 0 Å². The number of hydrogen-bond donors (Lipinski definition) is 0. The largest absolute Gasteiger partial charge is 0.494 e. The molecule has 2 aliphatic heterocycles. The van der Waals surface area contributed by atoms with Crippen LogP contribution in [0.4, 0.5) is 0 Å². The van der Waals surface area contributed by atoms with Gasteiger partial charge < -0.3 is 14.2 Å². The minimum absolute atomic E-state index is 0.0406. The van der Waals surface area contributed by atoms with Crippen LogP contribution in [0.25, 0.3) is 0 Å². The lowest BCUT2D eigenvalue weighted by Crippen LogP contribution is -2.55. The van der Waals surface area contributed by atoms with Crippen LogP contribution in [0.5, 0.6) is 5.75 Å². The molecule has 0 unspecified atom stereocenters. The topological polar surface area (TPSA) is 51.2 Å². The zero-order chi connectivity index (χ0) is 22.9. The normalized spacial score (nSPS) is 19.7. The standard InChI is InChI=1S/C27H36N2O4/c1-2-3-17-33-24-11-9-23(10-12-24)27(30)26(29-15-20-32-21-16-29)25(22-7-5-4-6-8-22)28-13-18-31-19-14-28/h4-12,25-26H,2-3,13-21H2,1H3/t25-,26+/m0/s1. The van der Waals surface area contributed by atoms with Crippen molar-refractivity contribution in [2.75, 3.05) is 59.2 Å². The second kappa shape index (κ2) is 12.3. The highest BCUT2D eigenvalue weighted by atomic mass is 16.5. The van der Waals surface area contributed by atoms with Gasteiger partial charge in [0.05, 0.1) is 45.1 Å². The summed E-state index contributed by atoms with van der Waals surface area (Å²) in [6.07, 6.45) is 2.12. The van der Waals surface area contributed by atoms with Crippen molar-refractivity contribution in [1.29, 1.82) is 0 Å². The van der Waals surface area contributed by atoms with E-state index in [9.17, 15) is 4.79 Å². The van der Waals surface area contributed by atoms with E-state index < -0.39 is 0 Å². The van der Waals surface area contributed by atoms with Crippen molar-refractivity contribution in [1.82, 2.24) is 9.80 Å². The summed E-state index contributed by atoms with van der Waals surface area (Å²) in [5.41, 5.74) is 1.90. The fourth-order valence-corrected chi connectivity index (χ4v) is 4.68. The molecule has 0 saturated carbocycles. The van der Waals surface area contributed by atoms with Crippen molar-refractivity contribution in [3.05, 3.63) is 65.7 Å². The predicted octanol–water partition coefficient (Wildman–Crippen LogP) is 3.82. The average molecular weight is 453 g/mol. The fourth-order valence-electron chi connectivity index (χ4n) is 4.68. The Balaban J connectivity index is 1.64. The van der Waals surface area contributed by atoms with Gasteiger partial charge in [-0.25, -0.2) is 0 Å². The molecule has 4 rings (SSSR count). The van der Waals surface area contributed by atoms with Crippen molar-refractivity contribution in [2.24, 2.45) is 0 Å². The quantitative estimate of drug-likeness (QED) is 0.404. The number of carbonyl (C=O) groups excluding carboxylic acids is 1. The summed E-state index contributed by atoms with van der Waals surface area (Å²) in [6.45, 7) is 8.67. The van der Waals surface area contributed by atoms with Gasteiger partial charge in [-0.05, 0) is 36.2 Å². The van der Waals surface area contributed by atoms with Crippen LogP contribution in [0.3, 0.4) is 0 Å². The Morgan fingerprint density at radius 1 is 0.879 bits per heavy atom. The Kier molecular flexibility index (Phi) is 8.89. The lowest BCUT2D eigenvalue weighted by atomic mass is 9.89. The first-order valence-corrected chi connectivity index (χ1v) is 12.2. The van der Waals surface area contributed by atoms with Gasteiger partial charge >= 0.3 is 0 Å². The minimum Gasteiger partial charge on any atom is -0.494 e. The maximum atomic E-state index is 14.1. The molecule has 0 bridgehead atoms.